The van der Waals surface area contributed by atoms with Gasteiger partial charge in [-0.1, -0.05) is 23.2 Å². The van der Waals surface area contributed by atoms with Gasteiger partial charge in [0.25, 0.3) is 0 Å². The monoisotopic (exact) mass is 401 g/mol. The van der Waals surface area contributed by atoms with Gasteiger partial charge >= 0.3 is 0 Å². The Morgan fingerprint density at radius 1 is 1.22 bits per heavy atom. The van der Waals surface area contributed by atoms with E-state index in [4.69, 9.17) is 28.9 Å². The molecule has 0 saturated carbocycles. The Hall–Kier alpha value is -0.570. The van der Waals surface area contributed by atoms with E-state index < -0.39 is 16.1 Å². The number of halogens is 3. The first-order valence-electron chi connectivity index (χ1n) is 6.73. The van der Waals surface area contributed by atoms with E-state index in [1.54, 1.807) is 11.8 Å². The maximum atomic E-state index is 12.6. The van der Waals surface area contributed by atoms with Crippen molar-refractivity contribution >= 4 is 51.5 Å². The number of carbonyl (C=O) groups excluding carboxylic acids is 1. The summed E-state index contributed by atoms with van der Waals surface area (Å²) in [5.74, 6) is -0.183. The molecule has 1 amide bonds. The van der Waals surface area contributed by atoms with Crippen molar-refractivity contribution < 1.29 is 13.2 Å². The van der Waals surface area contributed by atoms with Crippen LogP contribution in [0.25, 0.3) is 0 Å². The van der Waals surface area contributed by atoms with Crippen LogP contribution in [-0.2, 0) is 14.8 Å². The van der Waals surface area contributed by atoms with E-state index in [1.807, 2.05) is 0 Å². The molecule has 0 aliphatic carbocycles. The van der Waals surface area contributed by atoms with Gasteiger partial charge in [-0.25, -0.2) is 8.42 Å². The summed E-state index contributed by atoms with van der Waals surface area (Å²) in [6, 6.07) is 3.72. The molecule has 0 unspecified atom stereocenters. The number of benzene rings is 1. The van der Waals surface area contributed by atoms with Gasteiger partial charge in [-0.05, 0) is 25.1 Å². The normalized spacial score (nSPS) is 17.5. The third kappa shape index (κ3) is 4.49. The Bertz CT molecular complexity index is 674. The number of nitrogens with two attached hydrogens (primary N) is 1. The molecular weight excluding hydrogens is 385 g/mol. The zero-order chi connectivity index (χ0) is 16.5. The van der Waals surface area contributed by atoms with E-state index in [-0.39, 0.29) is 41.3 Å². The van der Waals surface area contributed by atoms with Crippen LogP contribution in [0.4, 0.5) is 0 Å². The topological polar surface area (TPSA) is 83.7 Å². The summed E-state index contributed by atoms with van der Waals surface area (Å²) < 4.78 is 26.6. The van der Waals surface area contributed by atoms with Crippen LogP contribution in [-0.4, -0.2) is 55.8 Å². The van der Waals surface area contributed by atoms with Crippen molar-refractivity contribution in [3.05, 3.63) is 28.2 Å². The van der Waals surface area contributed by atoms with Crippen molar-refractivity contribution in [3.63, 3.8) is 0 Å². The Balaban J connectivity index is 0.00000264. The largest absolute Gasteiger partial charge is 0.339 e. The minimum Gasteiger partial charge on any atom is -0.339 e. The van der Waals surface area contributed by atoms with Gasteiger partial charge in [0.05, 0.1) is 11.1 Å². The number of hydrogen-bond acceptors (Lipinski definition) is 4. The number of carbonyl (C=O) groups is 1. The molecule has 23 heavy (non-hydrogen) atoms. The first kappa shape index (κ1) is 20.5. The zero-order valence-electron chi connectivity index (χ0n) is 12.4. The predicted molar refractivity (Wildman–Crippen MR) is 92.7 cm³/mol. The second-order valence-corrected chi connectivity index (χ2v) is 7.84. The summed E-state index contributed by atoms with van der Waals surface area (Å²) in [5, 5.41) is 0.423. The molecule has 1 aliphatic heterocycles. The lowest BCUT2D eigenvalue weighted by Crippen LogP contribution is -2.53. The lowest BCUT2D eigenvalue weighted by Gasteiger charge is -2.34. The van der Waals surface area contributed by atoms with Crippen molar-refractivity contribution in [2.45, 2.75) is 17.9 Å². The average Bonchev–Trinajstić information content (AvgIpc) is 2.48. The molecule has 6 nitrogen and oxygen atoms in total. The van der Waals surface area contributed by atoms with E-state index >= 15 is 0 Å². The summed E-state index contributed by atoms with van der Waals surface area (Å²) in [4.78, 5) is 13.4. The maximum absolute atomic E-state index is 12.6. The van der Waals surface area contributed by atoms with Crippen LogP contribution >= 0.6 is 35.6 Å². The Labute approximate surface area is 152 Å². The number of sulfonamides is 1. The highest BCUT2D eigenvalue weighted by Gasteiger charge is 2.32. The molecule has 2 N–H and O–H groups in total. The molecule has 10 heteroatoms. The van der Waals surface area contributed by atoms with Gasteiger partial charge < -0.3 is 10.6 Å². The SMILES string of the molecule is C[C@H](N)C(=O)N1CCN(S(=O)(=O)c2cc(Cl)ccc2Cl)CC1.Cl. The molecule has 1 atom stereocenters. The molecule has 0 radical (unpaired) electrons. The van der Waals surface area contributed by atoms with Crippen LogP contribution in [0.5, 0.6) is 0 Å². The predicted octanol–water partition coefficient (Wildman–Crippen LogP) is 1.60. The highest BCUT2D eigenvalue weighted by molar-refractivity contribution is 7.89. The molecule has 130 valence electrons. The summed E-state index contributed by atoms with van der Waals surface area (Å²) in [6.45, 7) is 2.61. The van der Waals surface area contributed by atoms with Crippen LogP contribution in [0.3, 0.4) is 0 Å². The second kappa shape index (κ2) is 8.00. The molecule has 0 bridgehead atoms. The molecule has 0 aromatic heterocycles. The quantitative estimate of drug-likeness (QED) is 0.832. The Morgan fingerprint density at radius 2 is 1.78 bits per heavy atom. The van der Waals surface area contributed by atoms with Gasteiger partial charge in [-0.3, -0.25) is 4.79 Å². The van der Waals surface area contributed by atoms with Crippen LogP contribution < -0.4 is 5.73 Å². The summed E-state index contributed by atoms with van der Waals surface area (Å²) in [6.07, 6.45) is 0. The van der Waals surface area contributed by atoms with Crippen LogP contribution in [0.15, 0.2) is 23.1 Å². The molecule has 1 heterocycles. The highest BCUT2D eigenvalue weighted by atomic mass is 35.5. The molecule has 1 aromatic carbocycles. The third-order valence-corrected chi connectivity index (χ3v) is 6.07. The minimum atomic E-state index is -3.74. The number of piperazine rings is 1. The highest BCUT2D eigenvalue weighted by Crippen LogP contribution is 2.28. The van der Waals surface area contributed by atoms with Crippen molar-refractivity contribution in [1.29, 1.82) is 0 Å². The summed E-state index contributed by atoms with van der Waals surface area (Å²) in [5.41, 5.74) is 5.56. The first-order chi connectivity index (χ1) is 10.2. The van der Waals surface area contributed by atoms with Gasteiger partial charge in [0.1, 0.15) is 4.90 Å². The van der Waals surface area contributed by atoms with E-state index in [1.165, 1.54) is 22.5 Å². The number of hydrogen-bond donors (Lipinski definition) is 1. The first-order valence-corrected chi connectivity index (χ1v) is 8.92. The molecule has 1 aliphatic rings. The summed E-state index contributed by atoms with van der Waals surface area (Å²) in [7, 11) is -3.74. The minimum absolute atomic E-state index is 0. The van der Waals surface area contributed by atoms with Gasteiger partial charge in [-0.15, -0.1) is 12.4 Å². The smallest absolute Gasteiger partial charge is 0.244 e. The fourth-order valence-corrected chi connectivity index (χ4v) is 4.41. The molecule has 1 fully saturated rings. The third-order valence-electron chi connectivity index (χ3n) is 3.45. The van der Waals surface area contributed by atoms with E-state index in [9.17, 15) is 13.2 Å². The molecule has 0 spiro atoms. The fourth-order valence-electron chi connectivity index (χ4n) is 2.25. The maximum Gasteiger partial charge on any atom is 0.244 e. The van der Waals surface area contributed by atoms with E-state index in [0.717, 1.165) is 0 Å². The van der Waals surface area contributed by atoms with Crippen molar-refractivity contribution in [3.8, 4) is 0 Å². The van der Waals surface area contributed by atoms with Crippen molar-refractivity contribution in [1.82, 2.24) is 9.21 Å². The zero-order valence-corrected chi connectivity index (χ0v) is 15.6. The molecule has 1 aromatic rings. The molecular formula is C13H18Cl3N3O3S. The summed E-state index contributed by atoms with van der Waals surface area (Å²) >= 11 is 11.8. The van der Waals surface area contributed by atoms with E-state index in [0.29, 0.717) is 18.1 Å². The average molecular weight is 403 g/mol. The Morgan fingerprint density at radius 3 is 2.30 bits per heavy atom. The number of rotatable bonds is 3. The number of nitrogens with zero attached hydrogens (tertiary/aromatic N) is 2. The standard InChI is InChI=1S/C13H17Cl2N3O3S.ClH/c1-9(16)13(19)17-4-6-18(7-5-17)22(20,21)12-8-10(14)2-3-11(12)15;/h2-3,8-9H,4-7,16H2,1H3;1H/t9-;/m0./s1. The van der Waals surface area contributed by atoms with Crippen molar-refractivity contribution in [2.24, 2.45) is 5.73 Å². The van der Waals surface area contributed by atoms with Crippen LogP contribution in [0.2, 0.25) is 10.0 Å². The van der Waals surface area contributed by atoms with E-state index in [2.05, 4.69) is 0 Å². The van der Waals surface area contributed by atoms with Gasteiger partial charge in [0.15, 0.2) is 0 Å². The van der Waals surface area contributed by atoms with Crippen LogP contribution in [0.1, 0.15) is 6.92 Å². The molecule has 1 saturated heterocycles. The lowest BCUT2D eigenvalue weighted by molar-refractivity contribution is -0.133. The second-order valence-electron chi connectivity index (χ2n) is 5.09. The fraction of sp³-hybridized carbons (Fsp3) is 0.462. The Kier molecular flexibility index (Phi) is 7.12. The van der Waals surface area contributed by atoms with Gasteiger partial charge in [0, 0.05) is 31.2 Å². The van der Waals surface area contributed by atoms with Crippen molar-refractivity contribution in [2.75, 3.05) is 26.2 Å². The lowest BCUT2D eigenvalue weighted by atomic mass is 10.2. The van der Waals surface area contributed by atoms with Crippen LogP contribution in [0, 0.1) is 0 Å². The molecule has 2 rings (SSSR count). The van der Waals surface area contributed by atoms with Gasteiger partial charge in [0.2, 0.25) is 15.9 Å². The van der Waals surface area contributed by atoms with Gasteiger partial charge in [-0.2, -0.15) is 4.31 Å². The number of amides is 1.